The largest absolute Gasteiger partial charge is 0.394 e. The monoisotopic (exact) mass is 424 g/mol. The minimum Gasteiger partial charge on any atom is -0.394 e. The third-order valence-electron chi connectivity index (χ3n) is 5.12. The van der Waals surface area contributed by atoms with Gasteiger partial charge in [0.1, 0.15) is 30.2 Å². The van der Waals surface area contributed by atoms with E-state index < -0.39 is 43.6 Å². The van der Waals surface area contributed by atoms with Crippen LogP contribution in [-0.2, 0) is 18.9 Å². The molecule has 6 atom stereocenters. The van der Waals surface area contributed by atoms with Gasteiger partial charge in [0.05, 0.1) is 13.2 Å². The van der Waals surface area contributed by atoms with Crippen molar-refractivity contribution in [2.24, 2.45) is 0 Å². The lowest BCUT2D eigenvalue weighted by Crippen LogP contribution is -2.58. The molecule has 4 rings (SSSR count). The molecule has 0 radical (unpaired) electrons. The highest BCUT2D eigenvalue weighted by Gasteiger charge is 2.48. The summed E-state index contributed by atoms with van der Waals surface area (Å²) in [5, 5.41) is 20.4. The molecule has 156 valence electrons. The Morgan fingerprint density at radius 3 is 2.48 bits per heavy atom. The smallest absolute Gasteiger partial charge is 0.184 e. The summed E-state index contributed by atoms with van der Waals surface area (Å²) in [6.45, 7) is 1.35. The first-order chi connectivity index (χ1) is 14.0. The van der Waals surface area contributed by atoms with E-state index in [2.05, 4.69) is 0 Å². The minimum atomic E-state index is -1.17. The van der Waals surface area contributed by atoms with Gasteiger partial charge in [-0.3, -0.25) is 0 Å². The maximum Gasteiger partial charge on any atom is 0.184 e. The van der Waals surface area contributed by atoms with Crippen LogP contribution in [0.4, 0.5) is 4.39 Å². The maximum absolute atomic E-state index is 13.6. The molecule has 2 N–H and O–H groups in total. The first-order valence-corrected chi connectivity index (χ1v) is 9.72. The second kappa shape index (κ2) is 8.65. The molecular weight excluding hydrogens is 403 g/mol. The number of halogens is 2. The topological polar surface area (TPSA) is 77.4 Å². The summed E-state index contributed by atoms with van der Waals surface area (Å²) in [7, 11) is 0. The lowest BCUT2D eigenvalue weighted by Gasteiger charge is -2.47. The fraction of sp³-hybridized carbons (Fsp3) is 0.429. The van der Waals surface area contributed by atoms with Crippen molar-refractivity contribution in [3.05, 3.63) is 70.0 Å². The van der Waals surface area contributed by atoms with Crippen molar-refractivity contribution >= 4 is 11.6 Å². The first-order valence-electron chi connectivity index (χ1n) is 9.34. The third-order valence-corrected chi connectivity index (χ3v) is 5.38. The Morgan fingerprint density at radius 1 is 1.07 bits per heavy atom. The van der Waals surface area contributed by atoms with Gasteiger partial charge in [-0.1, -0.05) is 29.8 Å². The summed E-state index contributed by atoms with van der Waals surface area (Å²) < 4.78 is 37.4. The average Bonchev–Trinajstić information content (AvgIpc) is 2.74. The van der Waals surface area contributed by atoms with E-state index in [0.717, 1.165) is 5.56 Å². The Kier molecular flexibility index (Phi) is 6.17. The van der Waals surface area contributed by atoms with Gasteiger partial charge >= 0.3 is 0 Å². The van der Waals surface area contributed by atoms with Gasteiger partial charge in [-0.2, -0.15) is 0 Å². The van der Waals surface area contributed by atoms with E-state index in [-0.39, 0.29) is 12.4 Å². The van der Waals surface area contributed by atoms with Crippen LogP contribution in [0.1, 0.15) is 29.3 Å². The molecule has 2 aliphatic rings. The number of benzene rings is 2. The molecule has 2 aromatic rings. The molecule has 0 amide bonds. The van der Waals surface area contributed by atoms with Gasteiger partial charge in [-0.05, 0) is 36.8 Å². The zero-order valence-electron chi connectivity index (χ0n) is 15.7. The number of aliphatic hydroxyl groups is 2. The quantitative estimate of drug-likeness (QED) is 0.785. The fourth-order valence-electron chi connectivity index (χ4n) is 3.54. The molecule has 2 aromatic carbocycles. The normalized spacial score (nSPS) is 30.6. The van der Waals surface area contributed by atoms with E-state index >= 15 is 0 Å². The maximum atomic E-state index is 13.6. The predicted octanol–water partition coefficient (Wildman–Crippen LogP) is 3.04. The second-order valence-corrected chi connectivity index (χ2v) is 7.62. The Balaban J connectivity index is 1.56. The van der Waals surface area contributed by atoms with Gasteiger partial charge in [0, 0.05) is 16.1 Å². The summed E-state index contributed by atoms with van der Waals surface area (Å²) in [6.07, 6.45) is -4.74. The van der Waals surface area contributed by atoms with Crippen LogP contribution in [0.5, 0.6) is 0 Å². The lowest BCUT2D eigenvalue weighted by molar-refractivity contribution is -0.373. The molecule has 0 aromatic heterocycles. The predicted molar refractivity (Wildman–Crippen MR) is 102 cm³/mol. The molecule has 8 heteroatoms. The van der Waals surface area contributed by atoms with Crippen molar-refractivity contribution in [1.29, 1.82) is 0 Å². The number of ether oxygens (including phenoxy) is 4. The molecule has 2 heterocycles. The summed E-state index contributed by atoms with van der Waals surface area (Å²) in [5.41, 5.74) is 1.85. The van der Waals surface area contributed by atoms with E-state index in [1.807, 2.05) is 0 Å². The van der Waals surface area contributed by atoms with Crippen LogP contribution in [-0.4, -0.2) is 47.8 Å². The number of rotatable bonds is 4. The fourth-order valence-corrected chi connectivity index (χ4v) is 3.67. The van der Waals surface area contributed by atoms with Crippen LogP contribution >= 0.6 is 11.6 Å². The third kappa shape index (κ3) is 4.32. The Hall–Kier alpha value is -1.58. The zero-order chi connectivity index (χ0) is 20.5. The van der Waals surface area contributed by atoms with E-state index in [1.54, 1.807) is 43.3 Å². The van der Waals surface area contributed by atoms with Crippen LogP contribution in [0, 0.1) is 12.7 Å². The number of hydrogen-bond acceptors (Lipinski definition) is 6. The molecule has 29 heavy (non-hydrogen) atoms. The first kappa shape index (κ1) is 20.7. The molecule has 2 unspecified atom stereocenters. The molecule has 0 spiro atoms. The number of aryl methyl sites for hydroxylation is 1. The highest BCUT2D eigenvalue weighted by atomic mass is 35.5. The van der Waals surface area contributed by atoms with Gasteiger partial charge in [0.25, 0.3) is 0 Å². The lowest BCUT2D eigenvalue weighted by atomic mass is 9.99. The van der Waals surface area contributed by atoms with Crippen LogP contribution in [0.2, 0.25) is 5.02 Å². The Bertz CT molecular complexity index is 848. The highest BCUT2D eigenvalue weighted by molar-refractivity contribution is 6.30. The summed E-state index contributed by atoms with van der Waals surface area (Å²) >= 11 is 5.94. The average molecular weight is 425 g/mol. The van der Waals surface area contributed by atoms with E-state index in [1.165, 1.54) is 6.07 Å². The molecular formula is C21H22ClFO6. The van der Waals surface area contributed by atoms with Gasteiger partial charge in [0.15, 0.2) is 12.6 Å². The number of aliphatic hydroxyl groups excluding tert-OH is 2. The molecule has 0 aliphatic carbocycles. The van der Waals surface area contributed by atoms with Crippen molar-refractivity contribution in [3.8, 4) is 0 Å². The SMILES string of the molecule is Cc1cc(C2OC[C@@H]3OC(c4ccc(Cl)cc4)O[C@H]([C@H](O)CO)[C@@H]3O2)ccc1F. The summed E-state index contributed by atoms with van der Waals surface area (Å²) in [4.78, 5) is 0. The van der Waals surface area contributed by atoms with Crippen LogP contribution in [0.15, 0.2) is 42.5 Å². The van der Waals surface area contributed by atoms with E-state index in [9.17, 15) is 14.6 Å². The molecule has 6 nitrogen and oxygen atoms in total. The van der Waals surface area contributed by atoms with Gasteiger partial charge in [0.2, 0.25) is 0 Å². The molecule has 2 fully saturated rings. The van der Waals surface area contributed by atoms with Gasteiger partial charge in [-0.15, -0.1) is 0 Å². The van der Waals surface area contributed by atoms with Crippen molar-refractivity contribution in [1.82, 2.24) is 0 Å². The Labute approximate surface area is 172 Å². The van der Waals surface area contributed by atoms with Crippen molar-refractivity contribution in [2.75, 3.05) is 13.2 Å². The van der Waals surface area contributed by atoms with E-state index in [0.29, 0.717) is 16.1 Å². The van der Waals surface area contributed by atoms with E-state index in [4.69, 9.17) is 30.5 Å². The van der Waals surface area contributed by atoms with Crippen LogP contribution in [0.25, 0.3) is 0 Å². The van der Waals surface area contributed by atoms with Crippen molar-refractivity contribution in [2.45, 2.75) is 43.9 Å². The zero-order valence-corrected chi connectivity index (χ0v) is 16.5. The molecule has 2 aliphatic heterocycles. The molecule has 2 saturated heterocycles. The minimum absolute atomic E-state index is 0.188. The van der Waals surface area contributed by atoms with Crippen molar-refractivity contribution < 1.29 is 33.6 Å². The van der Waals surface area contributed by atoms with Crippen LogP contribution in [0.3, 0.4) is 0 Å². The van der Waals surface area contributed by atoms with Gasteiger partial charge in [-0.25, -0.2) is 4.39 Å². The van der Waals surface area contributed by atoms with Crippen LogP contribution < -0.4 is 0 Å². The summed E-state index contributed by atoms with van der Waals surface area (Å²) in [6, 6.07) is 11.6. The molecule has 0 bridgehead atoms. The number of fused-ring (bicyclic) bond motifs is 1. The number of hydrogen-bond donors (Lipinski definition) is 2. The van der Waals surface area contributed by atoms with Crippen molar-refractivity contribution in [3.63, 3.8) is 0 Å². The second-order valence-electron chi connectivity index (χ2n) is 7.18. The van der Waals surface area contributed by atoms with Gasteiger partial charge < -0.3 is 29.2 Å². The molecule has 0 saturated carbocycles. The Morgan fingerprint density at radius 2 is 1.79 bits per heavy atom. The standard InChI is InChI=1S/C21H22ClFO6/c1-11-8-13(4-7-15(11)23)20-26-10-17-19(29-20)18(16(25)9-24)28-21(27-17)12-2-5-14(22)6-3-12/h2-8,16-21,24-25H,9-10H2,1H3/t16-,17+,18-,19-,20?,21?/m1/s1. The highest BCUT2D eigenvalue weighted by Crippen LogP contribution is 2.39. The summed E-state index contributed by atoms with van der Waals surface area (Å²) in [5.74, 6) is -0.314.